The highest BCUT2D eigenvalue weighted by molar-refractivity contribution is 7.89. The lowest BCUT2D eigenvalue weighted by molar-refractivity contribution is -0.671. The Bertz CT molecular complexity index is 984. The van der Waals surface area contributed by atoms with Gasteiger partial charge in [0.25, 0.3) is 0 Å². The highest BCUT2D eigenvalue weighted by Gasteiger charge is 2.33. The molecule has 8 nitrogen and oxygen atoms in total. The van der Waals surface area contributed by atoms with Gasteiger partial charge in [0.1, 0.15) is 24.5 Å². The molecule has 10 heteroatoms. The number of amides is 1. The molecule has 2 aromatic rings. The summed E-state index contributed by atoms with van der Waals surface area (Å²) in [5.41, 5.74) is 0.431. The lowest BCUT2D eigenvalue weighted by Gasteiger charge is -2.28. The molecule has 1 fully saturated rings. The molecule has 3 rings (SSSR count). The van der Waals surface area contributed by atoms with E-state index in [0.29, 0.717) is 13.1 Å². The van der Waals surface area contributed by atoms with Crippen LogP contribution in [-0.2, 0) is 28.4 Å². The molecule has 0 spiro atoms. The van der Waals surface area contributed by atoms with Crippen molar-refractivity contribution in [2.75, 3.05) is 13.1 Å². The number of halogens is 1. The number of hydrogen-bond acceptors (Lipinski definition) is 4. The quantitative estimate of drug-likeness (QED) is 0.503. The molecule has 0 radical (unpaired) electrons. The monoisotopic (exact) mass is 514 g/mol. The third-order valence-corrected chi connectivity index (χ3v) is 6.38. The van der Waals surface area contributed by atoms with Crippen molar-refractivity contribution < 1.29 is 39.5 Å². The van der Waals surface area contributed by atoms with Crippen LogP contribution in [0.2, 0.25) is 0 Å². The number of nitrogens with zero attached hydrogens (tertiary/aromatic N) is 3. The summed E-state index contributed by atoms with van der Waals surface area (Å²) in [6.45, 7) is 6.87. The summed E-state index contributed by atoms with van der Waals surface area (Å²) in [6, 6.07) is 6.65. The van der Waals surface area contributed by atoms with E-state index in [1.54, 1.807) is 17.0 Å². The molecule has 172 valence electrons. The minimum Gasteiger partial charge on any atom is -1.00 e. The molecule has 1 amide bonds. The number of nitrogens with one attached hydrogen (secondary N) is 1. The van der Waals surface area contributed by atoms with Crippen LogP contribution in [0, 0.1) is 0 Å². The number of rotatable bonds is 6. The summed E-state index contributed by atoms with van der Waals surface area (Å²) in [5.74, 6) is 0. The summed E-state index contributed by atoms with van der Waals surface area (Å²) in [7, 11) is -1.71. The first-order valence-corrected chi connectivity index (χ1v) is 11.6. The van der Waals surface area contributed by atoms with Crippen LogP contribution in [0.15, 0.2) is 47.9 Å². The number of carbonyl (C=O) groups is 1. The maximum atomic E-state index is 12.7. The van der Waals surface area contributed by atoms with Gasteiger partial charge in [-0.2, -0.15) is 0 Å². The van der Waals surface area contributed by atoms with E-state index in [0.717, 1.165) is 18.4 Å². The second-order valence-electron chi connectivity index (χ2n) is 8.72. The van der Waals surface area contributed by atoms with Crippen LogP contribution >= 0.6 is 0 Å². The molecule has 0 saturated carbocycles. The molecule has 1 aromatic heterocycles. The number of likely N-dealkylation sites (tertiary alicyclic amines) is 1. The molecule has 1 N–H and O–H groups in total. The zero-order valence-corrected chi connectivity index (χ0v) is 20.8. The number of ether oxygens (including phenoxy) is 1. The zero-order chi connectivity index (χ0) is 21.9. The molecule has 0 aliphatic carbocycles. The Morgan fingerprint density at radius 1 is 1.26 bits per heavy atom. The van der Waals surface area contributed by atoms with Gasteiger partial charge in [0.05, 0.1) is 11.9 Å². The van der Waals surface area contributed by atoms with Crippen LogP contribution in [0.3, 0.4) is 0 Å². The fourth-order valence-corrected chi connectivity index (χ4v) is 4.55. The van der Waals surface area contributed by atoms with Gasteiger partial charge in [0.15, 0.2) is 0 Å². The first-order chi connectivity index (χ1) is 14.0. The normalized spacial score (nSPS) is 16.8. The van der Waals surface area contributed by atoms with Crippen molar-refractivity contribution >= 4 is 16.1 Å². The van der Waals surface area contributed by atoms with Crippen LogP contribution in [0.5, 0.6) is 0 Å². The highest BCUT2D eigenvalue weighted by Crippen LogP contribution is 2.21. The molecule has 1 aliphatic rings. The van der Waals surface area contributed by atoms with Gasteiger partial charge in [0, 0.05) is 19.1 Å². The van der Waals surface area contributed by atoms with Crippen molar-refractivity contribution in [3.05, 3.63) is 48.5 Å². The molecule has 1 aromatic carbocycles. The fraction of sp³-hybridized carbons (Fsp3) is 0.524. The molecule has 0 unspecified atom stereocenters. The lowest BCUT2D eigenvalue weighted by atomic mass is 10.2. The fourth-order valence-electron chi connectivity index (χ4n) is 3.48. The second kappa shape index (κ2) is 10.1. The Balaban J connectivity index is 0.00000341. The molecule has 1 atom stereocenters. The molecule has 2 heterocycles. The summed E-state index contributed by atoms with van der Waals surface area (Å²) in [5, 5.41) is 0. The number of aryl methyl sites for hydroxylation is 1. The molecular weight excluding hydrogens is 484 g/mol. The highest BCUT2D eigenvalue weighted by atomic mass is 79.9. The smallest absolute Gasteiger partial charge is 0.410 e. The van der Waals surface area contributed by atoms with Gasteiger partial charge in [-0.1, -0.05) is 12.1 Å². The van der Waals surface area contributed by atoms with E-state index in [1.807, 2.05) is 67.8 Å². The maximum Gasteiger partial charge on any atom is 0.410 e. The van der Waals surface area contributed by atoms with Crippen LogP contribution in [-0.4, -0.2) is 48.7 Å². The summed E-state index contributed by atoms with van der Waals surface area (Å²) < 4.78 is 37.5. The van der Waals surface area contributed by atoms with E-state index >= 15 is 0 Å². The van der Waals surface area contributed by atoms with Gasteiger partial charge in [-0.15, -0.1) is 0 Å². The van der Waals surface area contributed by atoms with Crippen molar-refractivity contribution in [1.82, 2.24) is 14.2 Å². The third-order valence-electron chi connectivity index (χ3n) is 4.94. The second-order valence-corrected chi connectivity index (χ2v) is 10.5. The Labute approximate surface area is 195 Å². The largest absolute Gasteiger partial charge is 1.00 e. The minimum absolute atomic E-state index is 0. The van der Waals surface area contributed by atoms with E-state index in [4.69, 9.17) is 4.74 Å². The average molecular weight is 515 g/mol. The Morgan fingerprint density at radius 2 is 1.94 bits per heavy atom. The molecular formula is C21H31BrN4O4S. The molecule has 0 bridgehead atoms. The van der Waals surface area contributed by atoms with Crippen molar-refractivity contribution in [1.29, 1.82) is 0 Å². The van der Waals surface area contributed by atoms with E-state index in [-0.39, 0.29) is 34.5 Å². The van der Waals surface area contributed by atoms with Gasteiger partial charge < -0.3 is 26.6 Å². The van der Waals surface area contributed by atoms with Gasteiger partial charge >= 0.3 is 6.09 Å². The van der Waals surface area contributed by atoms with Gasteiger partial charge in [-0.25, -0.2) is 27.1 Å². The van der Waals surface area contributed by atoms with Gasteiger partial charge in [0.2, 0.25) is 16.4 Å². The van der Waals surface area contributed by atoms with Crippen LogP contribution in [0.1, 0.15) is 39.2 Å². The lowest BCUT2D eigenvalue weighted by Crippen LogP contribution is -3.00. The molecule has 1 saturated heterocycles. The SMILES string of the molecule is C[n+]1ccn(Cc2ccc(S(=O)(=O)NC[C@@H]3CCCN3C(=O)OC(C)(C)C)cc2)c1.[Br-]. The van der Waals surface area contributed by atoms with Crippen LogP contribution in [0.4, 0.5) is 4.79 Å². The number of benzene rings is 1. The third kappa shape index (κ3) is 7.05. The van der Waals surface area contributed by atoms with Crippen molar-refractivity contribution in [2.24, 2.45) is 7.05 Å². The summed E-state index contributed by atoms with van der Waals surface area (Å²) in [6.07, 6.45) is 7.06. The zero-order valence-electron chi connectivity index (χ0n) is 18.4. The maximum absolute atomic E-state index is 12.7. The van der Waals surface area contributed by atoms with E-state index < -0.39 is 21.7 Å². The number of carbonyl (C=O) groups excluding carboxylic acids is 1. The first-order valence-electron chi connectivity index (χ1n) is 10.1. The van der Waals surface area contributed by atoms with Crippen molar-refractivity contribution in [3.8, 4) is 0 Å². The average Bonchev–Trinajstić information content (AvgIpc) is 3.28. The minimum atomic E-state index is -3.66. The first kappa shape index (κ1) is 25.4. The van der Waals surface area contributed by atoms with E-state index in [2.05, 4.69) is 4.72 Å². The van der Waals surface area contributed by atoms with Crippen molar-refractivity contribution in [3.63, 3.8) is 0 Å². The molecule has 31 heavy (non-hydrogen) atoms. The van der Waals surface area contributed by atoms with Gasteiger partial charge in [-0.05, 0) is 51.3 Å². The summed E-state index contributed by atoms with van der Waals surface area (Å²) >= 11 is 0. The standard InChI is InChI=1S/C21H31N4O4S.BrH/c1-21(2,3)29-20(26)25-11-5-6-18(25)14-22-30(27,28)19-9-7-17(8-10-19)15-24-13-12-23(4)16-24;/h7-10,12-13,16,18,22H,5-6,11,14-15H2,1-4H3;1H/q+1;/p-1/t18-;/m0./s1. The Hall–Kier alpha value is -1.91. The molecule has 1 aliphatic heterocycles. The Kier molecular flexibility index (Phi) is 8.29. The van der Waals surface area contributed by atoms with Gasteiger partial charge in [-0.3, -0.25) is 0 Å². The number of imidazole rings is 1. The number of aromatic nitrogens is 2. The predicted octanol–water partition coefficient (Wildman–Crippen LogP) is -0.957. The topological polar surface area (TPSA) is 84.5 Å². The predicted molar refractivity (Wildman–Crippen MR) is 112 cm³/mol. The van der Waals surface area contributed by atoms with Crippen molar-refractivity contribution in [2.45, 2.75) is 56.7 Å². The summed E-state index contributed by atoms with van der Waals surface area (Å²) in [4.78, 5) is 14.2. The number of sulfonamides is 1. The van der Waals surface area contributed by atoms with Crippen LogP contribution in [0.25, 0.3) is 0 Å². The van der Waals surface area contributed by atoms with E-state index in [9.17, 15) is 13.2 Å². The van der Waals surface area contributed by atoms with Crippen LogP contribution < -0.4 is 26.3 Å². The number of hydrogen-bond donors (Lipinski definition) is 1. The Morgan fingerprint density at radius 3 is 2.52 bits per heavy atom. The van der Waals surface area contributed by atoms with E-state index in [1.165, 1.54) is 0 Å².